The lowest BCUT2D eigenvalue weighted by molar-refractivity contribution is -0.142. The standard InChI is InChI=1S/C19H30N4O2/c1-6-19(5,7-2)18(24)23-12-14-9-15(23)11-22(14)16-10-17(25-8-3)21-13(4)20-16/h10,14-15H,6-9,11-12H2,1-5H3/t14-,15-/m0/s1. The molecule has 2 aliphatic heterocycles. The van der Waals surface area contributed by atoms with Gasteiger partial charge in [-0.25, -0.2) is 4.98 Å². The number of amides is 1. The molecule has 0 N–H and O–H groups in total. The normalized spacial score (nSPS) is 22.6. The summed E-state index contributed by atoms with van der Waals surface area (Å²) < 4.78 is 5.56. The molecular formula is C19H30N4O2. The number of aryl methyl sites for hydroxylation is 1. The first-order valence-corrected chi connectivity index (χ1v) is 9.48. The minimum atomic E-state index is -0.233. The summed E-state index contributed by atoms with van der Waals surface area (Å²) in [4.78, 5) is 26.4. The fourth-order valence-corrected chi connectivity index (χ4v) is 3.99. The van der Waals surface area contributed by atoms with Gasteiger partial charge in [-0.2, -0.15) is 4.98 Å². The van der Waals surface area contributed by atoms with Gasteiger partial charge in [0.2, 0.25) is 11.8 Å². The molecule has 0 saturated carbocycles. The molecule has 0 spiro atoms. The molecular weight excluding hydrogens is 316 g/mol. The molecule has 6 nitrogen and oxygen atoms in total. The summed E-state index contributed by atoms with van der Waals surface area (Å²) >= 11 is 0. The van der Waals surface area contributed by atoms with Crippen molar-refractivity contribution in [3.05, 3.63) is 11.9 Å². The highest BCUT2D eigenvalue weighted by Gasteiger charge is 2.48. The zero-order valence-electron chi connectivity index (χ0n) is 16.1. The summed E-state index contributed by atoms with van der Waals surface area (Å²) in [5, 5.41) is 0. The number of carbonyl (C=O) groups is 1. The second-order valence-electron chi connectivity index (χ2n) is 7.47. The number of piperazine rings is 1. The molecule has 1 amide bonds. The predicted octanol–water partition coefficient (Wildman–Crippen LogP) is 2.80. The molecule has 1 aromatic rings. The number of nitrogens with zero attached hydrogens (tertiary/aromatic N) is 4. The van der Waals surface area contributed by atoms with Crippen molar-refractivity contribution < 1.29 is 9.53 Å². The topological polar surface area (TPSA) is 58.6 Å². The number of carbonyl (C=O) groups excluding carboxylic acids is 1. The van der Waals surface area contributed by atoms with Crippen molar-refractivity contribution in [1.82, 2.24) is 14.9 Å². The van der Waals surface area contributed by atoms with E-state index in [1.165, 1.54) is 0 Å². The first-order valence-electron chi connectivity index (χ1n) is 9.48. The van der Waals surface area contributed by atoms with Crippen molar-refractivity contribution >= 4 is 11.7 Å². The van der Waals surface area contributed by atoms with E-state index < -0.39 is 0 Å². The monoisotopic (exact) mass is 346 g/mol. The third kappa shape index (κ3) is 3.18. The predicted molar refractivity (Wildman–Crippen MR) is 97.9 cm³/mol. The summed E-state index contributed by atoms with van der Waals surface area (Å²) in [5.41, 5.74) is -0.233. The summed E-state index contributed by atoms with van der Waals surface area (Å²) in [5.74, 6) is 2.59. The zero-order chi connectivity index (χ0) is 18.2. The maximum Gasteiger partial charge on any atom is 0.228 e. The van der Waals surface area contributed by atoms with E-state index in [0.29, 0.717) is 30.5 Å². The van der Waals surface area contributed by atoms with Crippen LogP contribution in [0.15, 0.2) is 6.07 Å². The van der Waals surface area contributed by atoms with Crippen LogP contribution >= 0.6 is 0 Å². The molecule has 2 saturated heterocycles. The Bertz CT molecular complexity index is 644. The molecule has 2 aliphatic rings. The van der Waals surface area contributed by atoms with E-state index in [-0.39, 0.29) is 5.41 Å². The molecule has 25 heavy (non-hydrogen) atoms. The number of rotatable bonds is 6. The second-order valence-corrected chi connectivity index (χ2v) is 7.47. The molecule has 0 radical (unpaired) electrons. The third-order valence-corrected chi connectivity index (χ3v) is 5.97. The Morgan fingerprint density at radius 1 is 1.24 bits per heavy atom. The van der Waals surface area contributed by atoms with Crippen molar-refractivity contribution in [2.45, 2.75) is 66.0 Å². The van der Waals surface area contributed by atoms with Gasteiger partial charge in [-0.3, -0.25) is 4.79 Å². The summed E-state index contributed by atoms with van der Waals surface area (Å²) in [6.07, 6.45) is 2.81. The SMILES string of the molecule is CCOc1cc(N2C[C@@H]3C[C@H]2CN3C(=O)C(C)(CC)CC)nc(C)n1. The van der Waals surface area contributed by atoms with Crippen LogP contribution in [0.25, 0.3) is 0 Å². The van der Waals surface area contributed by atoms with Crippen molar-refractivity contribution in [1.29, 1.82) is 0 Å². The summed E-state index contributed by atoms with van der Waals surface area (Å²) in [7, 11) is 0. The number of fused-ring (bicyclic) bond motifs is 2. The maximum absolute atomic E-state index is 13.0. The van der Waals surface area contributed by atoms with Gasteiger partial charge in [0.1, 0.15) is 11.6 Å². The summed E-state index contributed by atoms with van der Waals surface area (Å²) in [6, 6.07) is 2.56. The molecule has 6 heteroatoms. The van der Waals surface area contributed by atoms with Crippen LogP contribution in [0.1, 0.15) is 52.8 Å². The maximum atomic E-state index is 13.0. The number of aromatic nitrogens is 2. The van der Waals surface area contributed by atoms with Crippen LogP contribution in [0.4, 0.5) is 5.82 Å². The fourth-order valence-electron chi connectivity index (χ4n) is 3.99. The van der Waals surface area contributed by atoms with Gasteiger partial charge < -0.3 is 14.5 Å². The lowest BCUT2D eigenvalue weighted by atomic mass is 9.83. The Morgan fingerprint density at radius 3 is 2.52 bits per heavy atom. The molecule has 2 fully saturated rings. The Balaban J connectivity index is 1.75. The molecule has 2 bridgehead atoms. The molecule has 3 heterocycles. The van der Waals surface area contributed by atoms with Crippen LogP contribution in [0, 0.1) is 12.3 Å². The van der Waals surface area contributed by atoms with E-state index in [4.69, 9.17) is 4.74 Å². The largest absolute Gasteiger partial charge is 0.478 e. The summed E-state index contributed by atoms with van der Waals surface area (Å²) in [6.45, 7) is 12.4. The van der Waals surface area contributed by atoms with Crippen molar-refractivity contribution in [2.75, 3.05) is 24.6 Å². The quantitative estimate of drug-likeness (QED) is 0.793. The molecule has 0 aromatic carbocycles. The Morgan fingerprint density at radius 2 is 1.96 bits per heavy atom. The fraction of sp³-hybridized carbons (Fsp3) is 0.737. The van der Waals surface area contributed by atoms with E-state index in [9.17, 15) is 4.79 Å². The van der Waals surface area contributed by atoms with Gasteiger partial charge in [0.25, 0.3) is 0 Å². The number of anilines is 1. The highest BCUT2D eigenvalue weighted by Crippen LogP contribution is 2.38. The number of hydrogen-bond acceptors (Lipinski definition) is 5. The Kier molecular flexibility index (Phi) is 4.89. The van der Waals surface area contributed by atoms with Crippen LogP contribution in [0.2, 0.25) is 0 Å². The van der Waals surface area contributed by atoms with Crippen molar-refractivity contribution in [3.8, 4) is 5.88 Å². The van der Waals surface area contributed by atoms with Crippen LogP contribution in [0.3, 0.4) is 0 Å². The van der Waals surface area contributed by atoms with Gasteiger partial charge in [-0.1, -0.05) is 20.8 Å². The van der Waals surface area contributed by atoms with E-state index >= 15 is 0 Å². The first-order chi connectivity index (χ1) is 11.9. The average Bonchev–Trinajstić information content (AvgIpc) is 3.20. The highest BCUT2D eigenvalue weighted by molar-refractivity contribution is 5.83. The molecule has 0 aliphatic carbocycles. The van der Waals surface area contributed by atoms with Gasteiger partial charge in [-0.05, 0) is 33.1 Å². The third-order valence-electron chi connectivity index (χ3n) is 5.97. The zero-order valence-corrected chi connectivity index (χ0v) is 16.1. The van der Waals surface area contributed by atoms with Crippen LogP contribution in [-0.4, -0.2) is 52.6 Å². The van der Waals surface area contributed by atoms with E-state index in [1.807, 2.05) is 19.9 Å². The average molecular weight is 346 g/mol. The first kappa shape index (κ1) is 18.0. The van der Waals surface area contributed by atoms with Crippen LogP contribution in [-0.2, 0) is 4.79 Å². The van der Waals surface area contributed by atoms with Gasteiger partial charge in [0.05, 0.1) is 18.7 Å². The minimum Gasteiger partial charge on any atom is -0.478 e. The van der Waals surface area contributed by atoms with E-state index in [0.717, 1.165) is 44.0 Å². The van der Waals surface area contributed by atoms with Crippen molar-refractivity contribution in [2.24, 2.45) is 5.41 Å². The highest BCUT2D eigenvalue weighted by atomic mass is 16.5. The molecule has 3 rings (SSSR count). The molecule has 0 unspecified atom stereocenters. The minimum absolute atomic E-state index is 0.233. The Labute approximate surface area is 150 Å². The van der Waals surface area contributed by atoms with Gasteiger partial charge in [0, 0.05) is 24.6 Å². The van der Waals surface area contributed by atoms with E-state index in [2.05, 4.69) is 40.5 Å². The van der Waals surface area contributed by atoms with Crippen molar-refractivity contribution in [3.63, 3.8) is 0 Å². The molecule has 138 valence electrons. The van der Waals surface area contributed by atoms with Gasteiger partial charge in [0.15, 0.2) is 0 Å². The Hall–Kier alpha value is -1.85. The van der Waals surface area contributed by atoms with Gasteiger partial charge >= 0.3 is 0 Å². The number of ether oxygens (including phenoxy) is 1. The van der Waals surface area contributed by atoms with Crippen LogP contribution in [0.5, 0.6) is 5.88 Å². The number of likely N-dealkylation sites (tertiary alicyclic amines) is 1. The second kappa shape index (κ2) is 6.81. The molecule has 1 aromatic heterocycles. The smallest absolute Gasteiger partial charge is 0.228 e. The number of hydrogen-bond donors (Lipinski definition) is 0. The lowest BCUT2D eigenvalue weighted by Crippen LogP contribution is -2.52. The molecule has 2 atom stereocenters. The van der Waals surface area contributed by atoms with Gasteiger partial charge in [-0.15, -0.1) is 0 Å². The lowest BCUT2D eigenvalue weighted by Gasteiger charge is -2.39. The van der Waals surface area contributed by atoms with Crippen LogP contribution < -0.4 is 9.64 Å². The van der Waals surface area contributed by atoms with E-state index in [1.54, 1.807) is 0 Å².